The zero-order valence-corrected chi connectivity index (χ0v) is 25.3. The number of phenolic OH excluding ortho intramolecular Hbond substituents is 1. The van der Waals surface area contributed by atoms with E-state index in [1.54, 1.807) is 18.3 Å². The minimum atomic E-state index is 0.141. The zero-order valence-electron chi connectivity index (χ0n) is 23.7. The third-order valence-electron chi connectivity index (χ3n) is 8.03. The maximum absolute atomic E-state index is 10.2. The summed E-state index contributed by atoms with van der Waals surface area (Å²) in [5, 5.41) is 12.7. The minimum Gasteiger partial charge on any atom is -0.506 e. The van der Waals surface area contributed by atoms with E-state index in [4.69, 9.17) is 0 Å². The van der Waals surface area contributed by atoms with Crippen LogP contribution in [-0.2, 0) is 0 Å². The normalized spacial score (nSPS) is 14.9. The molecule has 0 radical (unpaired) electrons. The summed E-state index contributed by atoms with van der Waals surface area (Å²) in [6, 6.07) is 39.7. The second kappa shape index (κ2) is 11.4. The van der Waals surface area contributed by atoms with Gasteiger partial charge >= 0.3 is 0 Å². The fourth-order valence-corrected chi connectivity index (χ4v) is 6.24. The van der Waals surface area contributed by atoms with E-state index in [0.717, 1.165) is 44.6 Å². The molecule has 0 fully saturated rings. The van der Waals surface area contributed by atoms with Gasteiger partial charge in [-0.3, -0.25) is 4.99 Å². The van der Waals surface area contributed by atoms with Crippen LogP contribution in [0, 0.1) is 5.92 Å². The molecule has 1 aliphatic rings. The molecule has 5 aromatic carbocycles. The number of para-hydroxylation sites is 2. The summed E-state index contributed by atoms with van der Waals surface area (Å²) in [6.45, 7) is 2.30. The Labute approximate surface area is 259 Å². The summed E-state index contributed by atoms with van der Waals surface area (Å²) in [5.41, 5.74) is 8.45. The van der Waals surface area contributed by atoms with Gasteiger partial charge in [0.15, 0.2) is 0 Å². The monoisotopic (exact) mass is 623 g/mol. The van der Waals surface area contributed by atoms with E-state index in [0.29, 0.717) is 11.6 Å². The van der Waals surface area contributed by atoms with E-state index in [1.807, 2.05) is 6.07 Å². The van der Waals surface area contributed by atoms with Crippen LogP contribution in [0.5, 0.6) is 5.75 Å². The number of anilines is 2. The number of aromatic nitrogens is 1. The first-order valence-corrected chi connectivity index (χ1v) is 15.2. The van der Waals surface area contributed by atoms with Crippen LogP contribution in [0.3, 0.4) is 0 Å². The molecule has 1 unspecified atom stereocenters. The molecule has 43 heavy (non-hydrogen) atoms. The number of hydrogen-bond donors (Lipinski definition) is 1. The van der Waals surface area contributed by atoms with Crippen molar-refractivity contribution in [2.24, 2.45) is 10.9 Å². The van der Waals surface area contributed by atoms with Gasteiger partial charge in [0.2, 0.25) is 0 Å². The lowest BCUT2D eigenvalue weighted by molar-refractivity contribution is 0.476. The quantitative estimate of drug-likeness (QED) is 0.187. The SMILES string of the molecule is CC1CC=CC=C1N(c1ccccc1)c1ccc2c3ccccc3n(-c3ccc(C=Nc4ccc(Br)cc4O)cc3)c2c1. The molecule has 210 valence electrons. The van der Waals surface area contributed by atoms with Crippen molar-refractivity contribution in [3.63, 3.8) is 0 Å². The Hall–Kier alpha value is -4.87. The van der Waals surface area contributed by atoms with Crippen LogP contribution in [0.4, 0.5) is 17.1 Å². The number of fused-ring (bicyclic) bond motifs is 3. The Kier molecular flexibility index (Phi) is 7.17. The Balaban J connectivity index is 1.34. The Bertz CT molecular complexity index is 2040. The number of allylic oxidation sites excluding steroid dienone is 4. The second-order valence-electron chi connectivity index (χ2n) is 10.9. The molecule has 0 spiro atoms. The van der Waals surface area contributed by atoms with Crippen LogP contribution in [0.2, 0.25) is 0 Å². The second-order valence-corrected chi connectivity index (χ2v) is 11.8. The average molecular weight is 625 g/mol. The third-order valence-corrected chi connectivity index (χ3v) is 8.52. The Morgan fingerprint density at radius 3 is 2.37 bits per heavy atom. The van der Waals surface area contributed by atoms with Crippen LogP contribution in [-0.4, -0.2) is 15.9 Å². The van der Waals surface area contributed by atoms with E-state index >= 15 is 0 Å². The van der Waals surface area contributed by atoms with Crippen molar-refractivity contribution in [1.82, 2.24) is 4.57 Å². The fraction of sp³-hybridized carbons (Fsp3) is 0.0789. The molecule has 1 aromatic heterocycles. The molecule has 1 aliphatic carbocycles. The van der Waals surface area contributed by atoms with E-state index in [2.05, 4.69) is 153 Å². The molecule has 0 saturated heterocycles. The fourth-order valence-electron chi connectivity index (χ4n) is 5.89. The molecule has 0 aliphatic heterocycles. The standard InChI is InChI=1S/C38H30BrN3O/c1-26-9-5-7-13-35(26)41(29-10-3-2-4-11-29)31-20-21-33-32-12-6-8-14-36(32)42(37(33)24-31)30-18-15-27(16-19-30)25-40-34-22-17-28(39)23-38(34)43/h2-8,10-26,43H,9H2,1H3. The molecule has 1 N–H and O–H groups in total. The lowest BCUT2D eigenvalue weighted by Crippen LogP contribution is -2.22. The molecule has 7 rings (SSSR count). The predicted octanol–water partition coefficient (Wildman–Crippen LogP) is 10.6. The van der Waals surface area contributed by atoms with Crippen molar-refractivity contribution in [1.29, 1.82) is 0 Å². The molecular formula is C38H30BrN3O. The summed E-state index contributed by atoms with van der Waals surface area (Å²) < 4.78 is 3.16. The number of phenols is 1. The summed E-state index contributed by atoms with van der Waals surface area (Å²) in [4.78, 5) is 6.90. The van der Waals surface area contributed by atoms with Gasteiger partial charge < -0.3 is 14.6 Å². The van der Waals surface area contributed by atoms with Crippen molar-refractivity contribution in [2.75, 3.05) is 4.90 Å². The molecule has 0 amide bonds. The highest BCUT2D eigenvalue weighted by molar-refractivity contribution is 9.10. The van der Waals surface area contributed by atoms with E-state index in [1.165, 1.54) is 16.5 Å². The maximum atomic E-state index is 10.2. The summed E-state index contributed by atoms with van der Waals surface area (Å²) in [7, 11) is 0. The summed E-state index contributed by atoms with van der Waals surface area (Å²) in [6.07, 6.45) is 9.46. The molecule has 6 aromatic rings. The largest absolute Gasteiger partial charge is 0.506 e. The summed E-state index contributed by atoms with van der Waals surface area (Å²) >= 11 is 3.38. The van der Waals surface area contributed by atoms with Crippen molar-refractivity contribution in [3.05, 3.63) is 149 Å². The first-order chi connectivity index (χ1) is 21.1. The molecule has 0 saturated carbocycles. The van der Waals surface area contributed by atoms with Crippen LogP contribution >= 0.6 is 15.9 Å². The van der Waals surface area contributed by atoms with Crippen LogP contribution in [0.1, 0.15) is 18.9 Å². The predicted molar refractivity (Wildman–Crippen MR) is 183 cm³/mol. The Morgan fingerprint density at radius 2 is 1.58 bits per heavy atom. The van der Waals surface area contributed by atoms with Gasteiger partial charge in [0.05, 0.1) is 11.0 Å². The molecule has 5 heteroatoms. The zero-order chi connectivity index (χ0) is 29.3. The van der Waals surface area contributed by atoms with Crippen molar-refractivity contribution in [2.45, 2.75) is 13.3 Å². The van der Waals surface area contributed by atoms with E-state index in [9.17, 15) is 5.11 Å². The Morgan fingerprint density at radius 1 is 0.814 bits per heavy atom. The highest BCUT2D eigenvalue weighted by Crippen LogP contribution is 2.40. The molecule has 0 bridgehead atoms. The van der Waals surface area contributed by atoms with Gasteiger partial charge in [0.25, 0.3) is 0 Å². The van der Waals surface area contributed by atoms with Gasteiger partial charge in [-0.05, 0) is 78.7 Å². The smallest absolute Gasteiger partial charge is 0.142 e. The lowest BCUT2D eigenvalue weighted by atomic mass is 9.96. The number of hydrogen-bond acceptors (Lipinski definition) is 3. The first kappa shape index (κ1) is 27.0. The van der Waals surface area contributed by atoms with E-state index in [-0.39, 0.29) is 5.75 Å². The number of rotatable bonds is 6. The number of aromatic hydroxyl groups is 1. The highest BCUT2D eigenvalue weighted by atomic mass is 79.9. The van der Waals surface area contributed by atoms with Gasteiger partial charge in [0.1, 0.15) is 11.4 Å². The van der Waals surface area contributed by atoms with Gasteiger partial charge in [-0.2, -0.15) is 0 Å². The van der Waals surface area contributed by atoms with Gasteiger partial charge in [-0.1, -0.05) is 89.6 Å². The van der Waals surface area contributed by atoms with Crippen LogP contribution in [0.15, 0.2) is 149 Å². The number of benzene rings is 5. The molecular weight excluding hydrogens is 594 g/mol. The first-order valence-electron chi connectivity index (χ1n) is 14.4. The summed E-state index contributed by atoms with van der Waals surface area (Å²) in [5.74, 6) is 0.544. The molecule has 1 heterocycles. The van der Waals surface area contributed by atoms with Crippen molar-refractivity contribution >= 4 is 61.0 Å². The van der Waals surface area contributed by atoms with Gasteiger partial charge in [-0.25, -0.2) is 0 Å². The minimum absolute atomic E-state index is 0.141. The van der Waals surface area contributed by atoms with Gasteiger partial charge in [0, 0.05) is 50.1 Å². The molecule has 4 nitrogen and oxygen atoms in total. The van der Waals surface area contributed by atoms with Crippen LogP contribution < -0.4 is 4.90 Å². The molecule has 1 atom stereocenters. The highest BCUT2D eigenvalue weighted by Gasteiger charge is 2.22. The average Bonchev–Trinajstić information content (AvgIpc) is 3.36. The van der Waals surface area contributed by atoms with Gasteiger partial charge in [-0.15, -0.1) is 0 Å². The van der Waals surface area contributed by atoms with Crippen LogP contribution in [0.25, 0.3) is 27.5 Å². The van der Waals surface area contributed by atoms with Crippen molar-refractivity contribution in [3.8, 4) is 11.4 Å². The topological polar surface area (TPSA) is 40.8 Å². The number of halogens is 1. The number of aliphatic imine (C=N–C) groups is 1. The van der Waals surface area contributed by atoms with E-state index < -0.39 is 0 Å². The lowest BCUT2D eigenvalue weighted by Gasteiger charge is -2.32. The third kappa shape index (κ3) is 5.17. The number of nitrogens with zero attached hydrogens (tertiary/aromatic N) is 3. The maximum Gasteiger partial charge on any atom is 0.142 e. The van der Waals surface area contributed by atoms with Crippen molar-refractivity contribution < 1.29 is 5.11 Å².